The molecule has 16 heavy (non-hydrogen) atoms. The van der Waals surface area contributed by atoms with E-state index < -0.39 is 0 Å². The molecule has 0 atom stereocenters. The van der Waals surface area contributed by atoms with Crippen molar-refractivity contribution in [3.63, 3.8) is 0 Å². The molecular weight excluding hydrogens is 198 g/mol. The molecule has 0 unspecified atom stereocenters. The minimum Gasteiger partial charge on any atom is -0.233 e. The molecule has 0 aliphatic rings. The first-order chi connectivity index (χ1) is 7.70. The third kappa shape index (κ3) is 2.13. The zero-order chi connectivity index (χ0) is 11.5. The van der Waals surface area contributed by atoms with E-state index in [1.165, 1.54) is 11.1 Å². The minimum atomic E-state index is 0.972. The van der Waals surface area contributed by atoms with Crippen LogP contribution in [-0.4, -0.2) is 9.78 Å². The van der Waals surface area contributed by atoms with Gasteiger partial charge in [-0.25, -0.2) is 4.57 Å². The standard InChI is InChI=1S/C13H18N3/c1-4-8-16-10-15(3)13(14-16)12-7-5-6-11(2)9-12/h5-7,9-10H,4,8H2,1-3H3/q+1. The molecular formula is C13H18N3+. The van der Waals surface area contributed by atoms with Gasteiger partial charge in [0.05, 0.1) is 12.6 Å². The van der Waals surface area contributed by atoms with Gasteiger partial charge in [-0.15, -0.1) is 4.68 Å². The summed E-state index contributed by atoms with van der Waals surface area (Å²) in [5, 5.41) is 4.59. The van der Waals surface area contributed by atoms with Gasteiger partial charge in [0.15, 0.2) is 0 Å². The van der Waals surface area contributed by atoms with E-state index in [0.717, 1.165) is 18.8 Å². The van der Waals surface area contributed by atoms with E-state index in [0.29, 0.717) is 0 Å². The van der Waals surface area contributed by atoms with Gasteiger partial charge in [0.2, 0.25) is 6.33 Å². The van der Waals surface area contributed by atoms with E-state index in [1.54, 1.807) is 0 Å². The Morgan fingerprint density at radius 3 is 2.88 bits per heavy atom. The Hall–Kier alpha value is -1.64. The second-order valence-electron chi connectivity index (χ2n) is 4.18. The fourth-order valence-electron chi connectivity index (χ4n) is 1.86. The lowest BCUT2D eigenvalue weighted by atomic mass is 10.1. The summed E-state index contributed by atoms with van der Waals surface area (Å²) in [6.45, 7) is 5.24. The summed E-state index contributed by atoms with van der Waals surface area (Å²) < 4.78 is 4.07. The van der Waals surface area contributed by atoms with Crippen molar-refractivity contribution in [3.8, 4) is 11.4 Å². The molecule has 0 bridgehead atoms. The summed E-state index contributed by atoms with van der Waals surface area (Å²) in [5.74, 6) is 1.03. The number of nitrogens with zero attached hydrogens (tertiary/aromatic N) is 3. The maximum Gasteiger partial charge on any atom is 0.308 e. The van der Waals surface area contributed by atoms with Crippen molar-refractivity contribution in [2.75, 3.05) is 0 Å². The van der Waals surface area contributed by atoms with Gasteiger partial charge in [-0.2, -0.15) is 0 Å². The SMILES string of the molecule is CCCn1c[n+](C)c(-c2cccc(C)c2)n1. The smallest absolute Gasteiger partial charge is 0.233 e. The summed E-state index contributed by atoms with van der Waals surface area (Å²) in [5.41, 5.74) is 2.44. The number of hydrogen-bond donors (Lipinski definition) is 0. The van der Waals surface area contributed by atoms with Crippen LogP contribution in [0.25, 0.3) is 11.4 Å². The summed E-state index contributed by atoms with van der Waals surface area (Å²) in [4.78, 5) is 0. The molecule has 0 saturated carbocycles. The highest BCUT2D eigenvalue weighted by molar-refractivity contribution is 5.52. The van der Waals surface area contributed by atoms with Gasteiger partial charge < -0.3 is 0 Å². The van der Waals surface area contributed by atoms with Gasteiger partial charge in [0, 0.05) is 5.10 Å². The normalized spacial score (nSPS) is 10.7. The first-order valence-corrected chi connectivity index (χ1v) is 5.71. The third-order valence-corrected chi connectivity index (χ3v) is 2.59. The molecule has 0 aliphatic carbocycles. The molecule has 1 aromatic carbocycles. The van der Waals surface area contributed by atoms with E-state index in [1.807, 2.05) is 18.1 Å². The average Bonchev–Trinajstić information content (AvgIpc) is 2.60. The number of aromatic nitrogens is 3. The molecule has 0 fully saturated rings. The molecule has 3 nitrogen and oxygen atoms in total. The molecule has 2 aromatic rings. The van der Waals surface area contributed by atoms with Crippen molar-refractivity contribution < 1.29 is 4.57 Å². The molecule has 1 aromatic heterocycles. The van der Waals surface area contributed by atoms with Crippen LogP contribution in [0.1, 0.15) is 18.9 Å². The lowest BCUT2D eigenvalue weighted by Gasteiger charge is -1.95. The van der Waals surface area contributed by atoms with Crippen LogP contribution in [0.2, 0.25) is 0 Å². The third-order valence-electron chi connectivity index (χ3n) is 2.59. The summed E-state index contributed by atoms with van der Waals surface area (Å²) in [7, 11) is 2.04. The van der Waals surface area contributed by atoms with Crippen LogP contribution in [0.3, 0.4) is 0 Å². The van der Waals surface area contributed by atoms with E-state index in [4.69, 9.17) is 0 Å². The summed E-state index contributed by atoms with van der Waals surface area (Å²) in [6, 6.07) is 8.44. The molecule has 0 saturated heterocycles. The lowest BCUT2D eigenvalue weighted by molar-refractivity contribution is -0.661. The van der Waals surface area contributed by atoms with Gasteiger partial charge in [0.25, 0.3) is 0 Å². The number of hydrogen-bond acceptors (Lipinski definition) is 1. The van der Waals surface area contributed by atoms with Crippen LogP contribution < -0.4 is 4.57 Å². The topological polar surface area (TPSA) is 21.7 Å². The van der Waals surface area contributed by atoms with Crippen LogP contribution in [0, 0.1) is 6.92 Å². The van der Waals surface area contributed by atoms with Crippen molar-refractivity contribution in [2.45, 2.75) is 26.8 Å². The summed E-state index contributed by atoms with van der Waals surface area (Å²) >= 11 is 0. The highest BCUT2D eigenvalue weighted by Crippen LogP contribution is 2.14. The minimum absolute atomic E-state index is 0.972. The second-order valence-corrected chi connectivity index (χ2v) is 4.18. The Labute approximate surface area is 96.4 Å². The molecule has 3 heteroatoms. The van der Waals surface area contributed by atoms with Gasteiger partial charge >= 0.3 is 5.82 Å². The van der Waals surface area contributed by atoms with Crippen molar-refractivity contribution in [1.29, 1.82) is 0 Å². The van der Waals surface area contributed by atoms with Crippen molar-refractivity contribution in [2.24, 2.45) is 7.05 Å². The fourth-order valence-corrected chi connectivity index (χ4v) is 1.86. The van der Waals surface area contributed by atoms with Crippen molar-refractivity contribution in [3.05, 3.63) is 36.2 Å². The van der Waals surface area contributed by atoms with E-state index in [9.17, 15) is 0 Å². The Bertz CT molecular complexity index is 486. The molecule has 0 amide bonds. The molecule has 2 rings (SSSR count). The van der Waals surface area contributed by atoms with Gasteiger partial charge in [0.1, 0.15) is 6.54 Å². The van der Waals surface area contributed by atoms with E-state index in [-0.39, 0.29) is 0 Å². The van der Waals surface area contributed by atoms with Crippen LogP contribution in [0.5, 0.6) is 0 Å². The van der Waals surface area contributed by atoms with Crippen molar-refractivity contribution >= 4 is 0 Å². The Morgan fingerprint density at radius 1 is 1.38 bits per heavy atom. The number of rotatable bonds is 3. The monoisotopic (exact) mass is 216 g/mol. The van der Waals surface area contributed by atoms with Crippen molar-refractivity contribution in [1.82, 2.24) is 9.78 Å². The van der Waals surface area contributed by atoms with Gasteiger partial charge in [-0.1, -0.05) is 24.6 Å². The largest absolute Gasteiger partial charge is 0.308 e. The maximum absolute atomic E-state index is 4.59. The Morgan fingerprint density at radius 2 is 2.19 bits per heavy atom. The van der Waals surface area contributed by atoms with Crippen LogP contribution in [0.4, 0.5) is 0 Å². The molecule has 0 radical (unpaired) electrons. The zero-order valence-corrected chi connectivity index (χ0v) is 10.1. The number of aryl methyl sites for hydroxylation is 3. The quantitative estimate of drug-likeness (QED) is 0.720. The van der Waals surface area contributed by atoms with E-state index in [2.05, 4.69) is 47.8 Å². The molecule has 0 aliphatic heterocycles. The molecule has 0 N–H and O–H groups in total. The number of benzene rings is 1. The Kier molecular flexibility index (Phi) is 3.04. The first-order valence-electron chi connectivity index (χ1n) is 5.71. The lowest BCUT2D eigenvalue weighted by Crippen LogP contribution is -2.28. The molecule has 84 valence electrons. The first kappa shape index (κ1) is 10.9. The fraction of sp³-hybridized carbons (Fsp3) is 0.385. The zero-order valence-electron chi connectivity index (χ0n) is 10.1. The predicted molar refractivity (Wildman–Crippen MR) is 63.9 cm³/mol. The van der Waals surface area contributed by atoms with Gasteiger partial charge in [-0.3, -0.25) is 0 Å². The summed E-state index contributed by atoms with van der Waals surface area (Å²) in [6.07, 6.45) is 3.15. The highest BCUT2D eigenvalue weighted by atomic mass is 15.4. The van der Waals surface area contributed by atoms with Crippen LogP contribution in [-0.2, 0) is 13.6 Å². The molecule has 1 heterocycles. The predicted octanol–water partition coefficient (Wildman–Crippen LogP) is 2.09. The van der Waals surface area contributed by atoms with Crippen LogP contribution in [0.15, 0.2) is 30.6 Å². The van der Waals surface area contributed by atoms with Crippen LogP contribution >= 0.6 is 0 Å². The average molecular weight is 216 g/mol. The van der Waals surface area contributed by atoms with E-state index >= 15 is 0 Å². The maximum atomic E-state index is 4.59. The second kappa shape index (κ2) is 4.47. The van der Waals surface area contributed by atoms with Gasteiger partial charge in [-0.05, 0) is 25.5 Å². The highest BCUT2D eigenvalue weighted by Gasteiger charge is 2.15. The molecule has 0 spiro atoms. The Balaban J connectivity index is 2.40.